The van der Waals surface area contributed by atoms with Crippen molar-refractivity contribution in [3.05, 3.63) is 23.8 Å². The second-order valence-electron chi connectivity index (χ2n) is 5.77. The van der Waals surface area contributed by atoms with E-state index in [1.807, 2.05) is 6.92 Å². The van der Waals surface area contributed by atoms with Crippen LogP contribution >= 0.6 is 0 Å². The molecule has 0 unspecified atom stereocenters. The summed E-state index contributed by atoms with van der Waals surface area (Å²) in [5.41, 5.74) is 0.632. The van der Waals surface area contributed by atoms with Crippen molar-refractivity contribution in [2.45, 2.75) is 39.0 Å². The fraction of sp³-hybridized carbons (Fsp3) is 0.375. The molecular formula is C16H16F3N5O3. The molecule has 2 aromatic heterocycles. The molecule has 0 saturated heterocycles. The van der Waals surface area contributed by atoms with E-state index in [-0.39, 0.29) is 22.8 Å². The lowest BCUT2D eigenvalue weighted by Gasteiger charge is -2.16. The zero-order valence-electron chi connectivity index (χ0n) is 14.2. The van der Waals surface area contributed by atoms with Gasteiger partial charge in [0.1, 0.15) is 0 Å². The number of ether oxygens (including phenoxy) is 1. The van der Waals surface area contributed by atoms with Gasteiger partial charge in [0.2, 0.25) is 11.3 Å². The minimum Gasteiger partial charge on any atom is -0.491 e. The average molecular weight is 383 g/mol. The van der Waals surface area contributed by atoms with Gasteiger partial charge in [-0.3, -0.25) is 0 Å². The maximum Gasteiger partial charge on any atom is 0.573 e. The lowest BCUT2D eigenvalue weighted by molar-refractivity contribution is -0.274. The van der Waals surface area contributed by atoms with Crippen molar-refractivity contribution in [2.75, 3.05) is 5.32 Å². The van der Waals surface area contributed by atoms with Gasteiger partial charge in [-0.25, -0.2) is 4.63 Å². The molecular weight excluding hydrogens is 367 g/mol. The number of nitrogens with zero attached hydrogens (tertiary/aromatic N) is 4. The molecule has 2 N–H and O–H groups in total. The summed E-state index contributed by atoms with van der Waals surface area (Å²) in [4.78, 5) is 7.63. The van der Waals surface area contributed by atoms with Crippen molar-refractivity contribution in [3.63, 3.8) is 0 Å². The SMILES string of the molecule is CCCCCc1ccc(Nc2nc3nonc3nc2O)c(OC(F)(F)F)c1. The van der Waals surface area contributed by atoms with Crippen LogP contribution in [0, 0.1) is 0 Å². The van der Waals surface area contributed by atoms with Crippen LogP contribution in [0.25, 0.3) is 11.3 Å². The average Bonchev–Trinajstić information content (AvgIpc) is 3.03. The molecule has 0 saturated carbocycles. The predicted molar refractivity (Wildman–Crippen MR) is 88.7 cm³/mol. The molecule has 2 heterocycles. The highest BCUT2D eigenvalue weighted by atomic mass is 19.4. The highest BCUT2D eigenvalue weighted by molar-refractivity contribution is 5.73. The molecule has 0 bridgehead atoms. The molecule has 1 aromatic carbocycles. The Kier molecular flexibility index (Phi) is 5.28. The van der Waals surface area contributed by atoms with E-state index in [0.29, 0.717) is 12.0 Å². The molecule has 0 radical (unpaired) electrons. The van der Waals surface area contributed by atoms with Crippen molar-refractivity contribution in [1.29, 1.82) is 0 Å². The summed E-state index contributed by atoms with van der Waals surface area (Å²) in [6, 6.07) is 4.42. The van der Waals surface area contributed by atoms with Crippen molar-refractivity contribution in [3.8, 4) is 11.6 Å². The summed E-state index contributed by atoms with van der Waals surface area (Å²) in [7, 11) is 0. The lowest BCUT2D eigenvalue weighted by atomic mass is 10.1. The molecule has 0 aliphatic rings. The van der Waals surface area contributed by atoms with Crippen LogP contribution in [0.5, 0.6) is 11.6 Å². The predicted octanol–water partition coefficient (Wildman–Crippen LogP) is 4.09. The van der Waals surface area contributed by atoms with Gasteiger partial charge in [-0.2, -0.15) is 9.97 Å². The van der Waals surface area contributed by atoms with Gasteiger partial charge < -0.3 is 15.2 Å². The van der Waals surface area contributed by atoms with E-state index in [1.54, 1.807) is 6.07 Å². The maximum absolute atomic E-state index is 12.8. The first-order valence-electron chi connectivity index (χ1n) is 8.20. The molecule has 0 aliphatic heterocycles. The van der Waals surface area contributed by atoms with E-state index in [4.69, 9.17) is 0 Å². The van der Waals surface area contributed by atoms with Crippen LogP contribution in [0.1, 0.15) is 31.7 Å². The summed E-state index contributed by atoms with van der Waals surface area (Å²) in [5.74, 6) is -1.21. The third-order valence-electron chi connectivity index (χ3n) is 3.69. The molecule has 0 aliphatic carbocycles. The Bertz CT molecular complexity index is 929. The summed E-state index contributed by atoms with van der Waals surface area (Å²) in [6.07, 6.45) is -1.40. The van der Waals surface area contributed by atoms with Crippen LogP contribution in [0.15, 0.2) is 22.8 Å². The maximum atomic E-state index is 12.8. The minimum absolute atomic E-state index is 0.00947. The van der Waals surface area contributed by atoms with Crippen LogP contribution in [0.4, 0.5) is 24.7 Å². The van der Waals surface area contributed by atoms with Gasteiger partial charge in [0.05, 0.1) is 5.69 Å². The highest BCUT2D eigenvalue weighted by Crippen LogP contribution is 2.35. The fourth-order valence-electron chi connectivity index (χ4n) is 2.45. The molecule has 8 nitrogen and oxygen atoms in total. The topological polar surface area (TPSA) is 106 Å². The third kappa shape index (κ3) is 4.74. The monoisotopic (exact) mass is 383 g/mol. The summed E-state index contributed by atoms with van der Waals surface area (Å²) >= 11 is 0. The standard InChI is InChI=1S/C16H16F3N5O3/c1-2-3-4-5-9-6-7-10(11(8-9)26-16(17,18)19)20-14-15(25)22-13-12(21-14)23-27-24-13/h6-8H,2-5H2,1H3,(H,20,21,23)(H,22,24,25). The molecule has 0 fully saturated rings. The summed E-state index contributed by atoms with van der Waals surface area (Å²) in [5, 5.41) is 19.4. The molecule has 11 heteroatoms. The molecule has 27 heavy (non-hydrogen) atoms. The first-order chi connectivity index (χ1) is 12.9. The number of aromatic nitrogens is 4. The van der Waals surface area contributed by atoms with Crippen LogP contribution in [-0.4, -0.2) is 31.8 Å². The van der Waals surface area contributed by atoms with Gasteiger partial charge in [0.25, 0.3) is 5.88 Å². The number of benzene rings is 1. The van der Waals surface area contributed by atoms with E-state index in [1.165, 1.54) is 12.1 Å². The molecule has 3 rings (SSSR count). The Morgan fingerprint density at radius 3 is 2.59 bits per heavy atom. The molecule has 0 amide bonds. The van der Waals surface area contributed by atoms with E-state index in [9.17, 15) is 18.3 Å². The van der Waals surface area contributed by atoms with Gasteiger partial charge in [-0.15, -0.1) is 13.2 Å². The van der Waals surface area contributed by atoms with Crippen molar-refractivity contribution >= 4 is 22.8 Å². The normalized spacial score (nSPS) is 11.7. The number of hydrogen-bond donors (Lipinski definition) is 2. The van der Waals surface area contributed by atoms with Crippen molar-refractivity contribution in [2.24, 2.45) is 0 Å². The zero-order valence-corrected chi connectivity index (χ0v) is 14.2. The second-order valence-corrected chi connectivity index (χ2v) is 5.77. The van der Waals surface area contributed by atoms with Crippen molar-refractivity contribution < 1.29 is 27.6 Å². The number of nitrogens with one attached hydrogen (secondary N) is 1. The van der Waals surface area contributed by atoms with Crippen LogP contribution in [0.2, 0.25) is 0 Å². The second kappa shape index (κ2) is 7.64. The van der Waals surface area contributed by atoms with Crippen molar-refractivity contribution in [1.82, 2.24) is 20.3 Å². The van der Waals surface area contributed by atoms with Gasteiger partial charge >= 0.3 is 6.36 Å². The van der Waals surface area contributed by atoms with E-state index in [0.717, 1.165) is 19.3 Å². The van der Waals surface area contributed by atoms with Gasteiger partial charge in [0.15, 0.2) is 11.6 Å². The molecule has 0 atom stereocenters. The number of hydrogen-bond acceptors (Lipinski definition) is 8. The largest absolute Gasteiger partial charge is 0.573 e. The smallest absolute Gasteiger partial charge is 0.491 e. The van der Waals surface area contributed by atoms with E-state index < -0.39 is 18.0 Å². The Labute approximate surface area is 151 Å². The minimum atomic E-state index is -4.87. The molecule has 144 valence electrons. The number of unbranched alkanes of at least 4 members (excludes halogenated alkanes) is 2. The Balaban J connectivity index is 1.90. The molecule has 0 spiro atoms. The third-order valence-corrected chi connectivity index (χ3v) is 3.69. The Morgan fingerprint density at radius 2 is 1.89 bits per heavy atom. The lowest BCUT2D eigenvalue weighted by Crippen LogP contribution is -2.18. The number of aromatic hydroxyl groups is 1. The first kappa shape index (κ1) is 18.7. The fourth-order valence-corrected chi connectivity index (χ4v) is 2.45. The van der Waals surface area contributed by atoms with Gasteiger partial charge in [-0.1, -0.05) is 25.8 Å². The number of rotatable bonds is 7. The number of anilines is 2. The highest BCUT2D eigenvalue weighted by Gasteiger charge is 2.32. The number of fused-ring (bicyclic) bond motifs is 1. The quantitative estimate of drug-likeness (QED) is 0.588. The van der Waals surface area contributed by atoms with Gasteiger partial charge in [0, 0.05) is 0 Å². The zero-order chi connectivity index (χ0) is 19.4. The van der Waals surface area contributed by atoms with E-state index in [2.05, 4.69) is 35.0 Å². The number of halogens is 3. The van der Waals surface area contributed by atoms with Crippen LogP contribution in [-0.2, 0) is 6.42 Å². The first-order valence-corrected chi connectivity index (χ1v) is 8.20. The summed E-state index contributed by atoms with van der Waals surface area (Å²) < 4.78 is 46.9. The molecule has 3 aromatic rings. The number of aryl methyl sites for hydroxylation is 1. The van der Waals surface area contributed by atoms with Crippen LogP contribution in [0.3, 0.4) is 0 Å². The number of alkyl halides is 3. The van der Waals surface area contributed by atoms with Gasteiger partial charge in [-0.05, 0) is 40.9 Å². The van der Waals surface area contributed by atoms with E-state index >= 15 is 0 Å². The Morgan fingerprint density at radius 1 is 1.15 bits per heavy atom. The Hall–Kier alpha value is -3.11. The van der Waals surface area contributed by atoms with Crippen LogP contribution < -0.4 is 10.1 Å². The summed E-state index contributed by atoms with van der Waals surface area (Å²) in [6.45, 7) is 2.04.